The maximum absolute atomic E-state index is 15.7. The number of carbonyl (C=O) groups excluding carboxylic acids is 2. The van der Waals surface area contributed by atoms with Gasteiger partial charge in [-0.25, -0.2) is 19.0 Å². The second kappa shape index (κ2) is 15.1. The van der Waals surface area contributed by atoms with Crippen LogP contribution in [0.3, 0.4) is 0 Å². The van der Waals surface area contributed by atoms with Crippen molar-refractivity contribution in [1.29, 1.82) is 5.26 Å². The van der Waals surface area contributed by atoms with Crippen LogP contribution in [0.15, 0.2) is 10.5 Å². The lowest BCUT2D eigenvalue weighted by Gasteiger charge is -2.42. The van der Waals surface area contributed by atoms with Crippen molar-refractivity contribution < 1.29 is 28.2 Å². The molecule has 0 bridgehead atoms. The Bertz CT molecular complexity index is 1580. The number of piperazine rings is 2. The number of fused-ring (bicyclic) bond motifs is 1. The zero-order chi connectivity index (χ0) is 35.7. The number of aromatic nitrogens is 2. The molecule has 3 fully saturated rings. The summed E-state index contributed by atoms with van der Waals surface area (Å²) in [6.07, 6.45) is 1.52. The minimum absolute atomic E-state index is 0.0249. The van der Waals surface area contributed by atoms with E-state index >= 15 is 4.39 Å². The lowest BCUT2D eigenvalue weighted by molar-refractivity contribution is -0.165. The van der Waals surface area contributed by atoms with Crippen molar-refractivity contribution in [2.45, 2.75) is 84.2 Å². The molecular weight excluding hydrogens is 721 g/mol. The van der Waals surface area contributed by atoms with Crippen LogP contribution in [-0.2, 0) is 19.0 Å². The van der Waals surface area contributed by atoms with E-state index in [1.165, 1.54) is 0 Å². The van der Waals surface area contributed by atoms with Crippen molar-refractivity contribution in [2.24, 2.45) is 5.92 Å². The lowest BCUT2D eigenvalue weighted by atomic mass is 9.82. The number of benzene rings is 1. The number of hydrogen-bond acceptors (Lipinski definition) is 11. The Morgan fingerprint density at radius 1 is 1.02 bits per heavy atom. The topological polar surface area (TPSA) is 124 Å². The molecule has 5 rings (SSSR count). The number of nitriles is 1. The fraction of sp³-hybridized carbons (Fsp3) is 0.676. The van der Waals surface area contributed by atoms with Crippen LogP contribution in [0, 0.1) is 23.1 Å². The summed E-state index contributed by atoms with van der Waals surface area (Å²) in [5.74, 6) is 0.512. The summed E-state index contributed by atoms with van der Waals surface area (Å²) in [7, 11) is 0. The quantitative estimate of drug-likeness (QED) is 0.240. The second-order valence-electron chi connectivity index (χ2n) is 15.0. The Hall–Kier alpha value is -2.99. The largest absolute Gasteiger partial charge is 0.458 e. The Balaban J connectivity index is 1.25. The first-order chi connectivity index (χ1) is 23.0. The molecule has 1 amide bonds. The number of ether oxygens (including phenoxy) is 3. The molecule has 1 aromatic heterocycles. The summed E-state index contributed by atoms with van der Waals surface area (Å²) in [4.78, 5) is 42.7. The van der Waals surface area contributed by atoms with Gasteiger partial charge in [0.1, 0.15) is 29.1 Å². The smallest absolute Gasteiger partial charge is 0.410 e. The van der Waals surface area contributed by atoms with E-state index in [0.29, 0.717) is 55.8 Å². The molecule has 1 aromatic carbocycles. The third-order valence-corrected chi connectivity index (χ3v) is 10.1. The normalized spacial score (nSPS) is 22.1. The first kappa shape index (κ1) is 37.3. The van der Waals surface area contributed by atoms with Crippen molar-refractivity contribution in [3.63, 3.8) is 0 Å². The summed E-state index contributed by atoms with van der Waals surface area (Å²) < 4.78 is 32.5. The molecule has 3 heterocycles. The number of amides is 1. The molecule has 1 aliphatic carbocycles. The highest BCUT2D eigenvalue weighted by molar-refractivity contribution is 9.10. The molecule has 0 radical (unpaired) electrons. The number of esters is 1. The third kappa shape index (κ3) is 9.42. The summed E-state index contributed by atoms with van der Waals surface area (Å²) >= 11 is 9.68. The molecule has 1 saturated carbocycles. The van der Waals surface area contributed by atoms with Crippen molar-refractivity contribution in [1.82, 2.24) is 19.8 Å². The summed E-state index contributed by atoms with van der Waals surface area (Å²) in [5, 5.41) is 10.3. The van der Waals surface area contributed by atoms with E-state index in [1.54, 1.807) is 31.7 Å². The van der Waals surface area contributed by atoms with E-state index in [-0.39, 0.29) is 40.1 Å². The zero-order valence-electron chi connectivity index (χ0n) is 29.1. The van der Waals surface area contributed by atoms with Gasteiger partial charge in [-0.1, -0.05) is 11.6 Å². The molecule has 2 aliphatic heterocycles. The number of nitrogens with zero attached hydrogens (tertiary/aromatic N) is 7. The average molecular weight is 767 g/mol. The average Bonchev–Trinajstić information content (AvgIpc) is 2.99. The van der Waals surface area contributed by atoms with E-state index in [2.05, 4.69) is 36.8 Å². The number of hydrogen-bond donors (Lipinski definition) is 0. The van der Waals surface area contributed by atoms with E-state index in [4.69, 9.17) is 30.8 Å². The van der Waals surface area contributed by atoms with Crippen molar-refractivity contribution in [3.05, 3.63) is 21.4 Å². The molecule has 3 aliphatic rings. The van der Waals surface area contributed by atoms with Crippen molar-refractivity contribution in [3.8, 4) is 6.07 Å². The summed E-state index contributed by atoms with van der Waals surface area (Å²) in [6.45, 7) is 15.8. The molecule has 268 valence electrons. The standard InChI is InChI=1S/C34H46BrClFN7O5/c1-33(2,3)48-26(45)20-47-23-15-21(16-23)18-41-9-11-42(12-10-41)31-39-29-24(17-25(36)27(35)28(29)37)30(40-31)43-13-14-44(22(19-43)7-8-38)32(46)49-34(4,5)6/h17,21-23H,7,9-16,18-20H2,1-6H3/t21?,22-,23?/m0/s1. The van der Waals surface area contributed by atoms with Gasteiger partial charge < -0.3 is 28.9 Å². The van der Waals surface area contributed by atoms with Crippen LogP contribution in [0.4, 0.5) is 21.0 Å². The molecule has 2 aromatic rings. The Labute approximate surface area is 300 Å². The number of carbonyl (C=O) groups is 2. The van der Waals surface area contributed by atoms with Crippen molar-refractivity contribution in [2.75, 3.05) is 68.8 Å². The third-order valence-electron chi connectivity index (χ3n) is 8.75. The van der Waals surface area contributed by atoms with Crippen LogP contribution >= 0.6 is 27.5 Å². The van der Waals surface area contributed by atoms with E-state index in [1.807, 2.05) is 25.7 Å². The van der Waals surface area contributed by atoms with Gasteiger partial charge in [0.25, 0.3) is 0 Å². The molecule has 49 heavy (non-hydrogen) atoms. The molecule has 0 N–H and O–H groups in total. The van der Waals surface area contributed by atoms with Crippen LogP contribution in [0.25, 0.3) is 10.9 Å². The molecule has 0 unspecified atom stereocenters. The van der Waals surface area contributed by atoms with Gasteiger partial charge >= 0.3 is 12.1 Å². The number of halogens is 3. The molecular formula is C34H46BrClFN7O5. The maximum Gasteiger partial charge on any atom is 0.410 e. The van der Waals surface area contributed by atoms with E-state index in [0.717, 1.165) is 32.5 Å². The van der Waals surface area contributed by atoms with Gasteiger partial charge in [0.15, 0.2) is 5.82 Å². The summed E-state index contributed by atoms with van der Waals surface area (Å²) in [5.41, 5.74) is -1.05. The minimum Gasteiger partial charge on any atom is -0.458 e. The fourth-order valence-electron chi connectivity index (χ4n) is 6.43. The minimum atomic E-state index is -0.674. The SMILES string of the molecule is CC(C)(C)OC(=O)COC1CC(CN2CCN(c3nc(N4CCN(C(=O)OC(C)(C)C)[C@@H](CC#N)C4)c4cc(Cl)c(Br)c(F)c4n3)CC2)C1. The van der Waals surface area contributed by atoms with Crippen LogP contribution in [0.2, 0.25) is 5.02 Å². The van der Waals surface area contributed by atoms with Crippen LogP contribution < -0.4 is 9.80 Å². The first-order valence-corrected chi connectivity index (χ1v) is 18.0. The van der Waals surface area contributed by atoms with Crippen molar-refractivity contribution >= 4 is 62.3 Å². The van der Waals surface area contributed by atoms with Crippen LogP contribution in [0.1, 0.15) is 60.8 Å². The van der Waals surface area contributed by atoms with Gasteiger partial charge in [-0.2, -0.15) is 10.2 Å². The second-order valence-corrected chi connectivity index (χ2v) is 16.2. The highest BCUT2D eigenvalue weighted by Gasteiger charge is 2.36. The monoisotopic (exact) mass is 765 g/mol. The molecule has 0 spiro atoms. The zero-order valence-corrected chi connectivity index (χ0v) is 31.4. The van der Waals surface area contributed by atoms with Crippen LogP contribution in [-0.4, -0.2) is 114 Å². The van der Waals surface area contributed by atoms with Gasteiger partial charge in [0.2, 0.25) is 5.95 Å². The number of anilines is 2. The predicted octanol–water partition coefficient (Wildman–Crippen LogP) is 5.78. The Kier molecular flexibility index (Phi) is 11.5. The predicted molar refractivity (Wildman–Crippen MR) is 188 cm³/mol. The van der Waals surface area contributed by atoms with Gasteiger partial charge in [-0.05, 0) is 82.3 Å². The highest BCUT2D eigenvalue weighted by Crippen LogP contribution is 2.37. The molecule has 15 heteroatoms. The lowest BCUT2D eigenvalue weighted by Crippen LogP contribution is -2.56. The fourth-order valence-corrected chi connectivity index (χ4v) is 6.92. The molecule has 2 saturated heterocycles. The molecule has 1 atom stereocenters. The van der Waals surface area contributed by atoms with Gasteiger partial charge in [0, 0.05) is 57.7 Å². The first-order valence-electron chi connectivity index (χ1n) is 16.8. The number of rotatable bonds is 8. The van der Waals surface area contributed by atoms with Gasteiger partial charge in [-0.3, -0.25) is 4.90 Å². The molecule has 12 nitrogen and oxygen atoms in total. The van der Waals surface area contributed by atoms with Gasteiger partial charge in [0.05, 0.1) is 34.1 Å². The summed E-state index contributed by atoms with van der Waals surface area (Å²) in [6, 6.07) is 3.40. The van der Waals surface area contributed by atoms with Gasteiger partial charge in [-0.15, -0.1) is 0 Å². The maximum atomic E-state index is 15.7. The highest BCUT2D eigenvalue weighted by atomic mass is 79.9. The Morgan fingerprint density at radius 3 is 2.31 bits per heavy atom. The van der Waals surface area contributed by atoms with Crippen LogP contribution in [0.5, 0.6) is 0 Å². The Morgan fingerprint density at radius 2 is 1.67 bits per heavy atom. The van der Waals surface area contributed by atoms with E-state index < -0.39 is 29.2 Å². The van der Waals surface area contributed by atoms with E-state index in [9.17, 15) is 14.9 Å².